The largest absolute Gasteiger partial charge is 0.492 e. The highest BCUT2D eigenvalue weighted by atomic mass is 19.1. The first-order valence-corrected chi connectivity index (χ1v) is 7.43. The summed E-state index contributed by atoms with van der Waals surface area (Å²) >= 11 is 0. The van der Waals surface area contributed by atoms with Gasteiger partial charge in [0.15, 0.2) is 0 Å². The third-order valence-corrected chi connectivity index (χ3v) is 3.27. The standard InChI is InChI=1S/C18H22FNO/c1-2-12-20-17(13-15-8-10-16(19)11-9-15)14-21-18-6-4-3-5-7-18/h3-11,17,20H,2,12-14H2,1H3. The van der Waals surface area contributed by atoms with Gasteiger partial charge < -0.3 is 10.1 Å². The monoisotopic (exact) mass is 287 g/mol. The van der Waals surface area contributed by atoms with Gasteiger partial charge in [0.05, 0.1) is 0 Å². The summed E-state index contributed by atoms with van der Waals surface area (Å²) in [6.45, 7) is 3.69. The molecule has 0 bridgehead atoms. The van der Waals surface area contributed by atoms with E-state index in [0.717, 1.165) is 30.7 Å². The van der Waals surface area contributed by atoms with Crippen molar-refractivity contribution >= 4 is 0 Å². The van der Waals surface area contributed by atoms with Crippen LogP contribution in [0.25, 0.3) is 0 Å². The van der Waals surface area contributed by atoms with Gasteiger partial charge >= 0.3 is 0 Å². The normalized spacial score (nSPS) is 12.1. The molecule has 2 rings (SSSR count). The van der Waals surface area contributed by atoms with Crippen LogP contribution in [0.1, 0.15) is 18.9 Å². The first-order valence-electron chi connectivity index (χ1n) is 7.43. The van der Waals surface area contributed by atoms with Crippen LogP contribution in [-0.4, -0.2) is 19.2 Å². The fourth-order valence-corrected chi connectivity index (χ4v) is 2.16. The Morgan fingerprint density at radius 2 is 1.76 bits per heavy atom. The number of benzene rings is 2. The summed E-state index contributed by atoms with van der Waals surface area (Å²) < 4.78 is 18.8. The Morgan fingerprint density at radius 1 is 1.05 bits per heavy atom. The molecular formula is C18H22FNO. The van der Waals surface area contributed by atoms with Crippen LogP contribution in [0.3, 0.4) is 0 Å². The average molecular weight is 287 g/mol. The van der Waals surface area contributed by atoms with Crippen LogP contribution in [0.4, 0.5) is 4.39 Å². The molecule has 1 N–H and O–H groups in total. The molecule has 0 radical (unpaired) electrons. The maximum atomic E-state index is 13.0. The molecule has 0 aromatic heterocycles. The quantitative estimate of drug-likeness (QED) is 0.797. The average Bonchev–Trinajstić information content (AvgIpc) is 2.53. The number of nitrogens with one attached hydrogen (secondary N) is 1. The van der Waals surface area contributed by atoms with Crippen LogP contribution < -0.4 is 10.1 Å². The second-order valence-electron chi connectivity index (χ2n) is 5.11. The zero-order valence-corrected chi connectivity index (χ0v) is 12.4. The molecule has 1 unspecified atom stereocenters. The van der Waals surface area contributed by atoms with E-state index >= 15 is 0 Å². The van der Waals surface area contributed by atoms with Crippen molar-refractivity contribution in [2.75, 3.05) is 13.2 Å². The highest BCUT2D eigenvalue weighted by Gasteiger charge is 2.10. The predicted molar refractivity (Wildman–Crippen MR) is 84.1 cm³/mol. The van der Waals surface area contributed by atoms with E-state index in [1.165, 1.54) is 12.1 Å². The van der Waals surface area contributed by atoms with Gasteiger partial charge in [0, 0.05) is 6.04 Å². The minimum absolute atomic E-state index is 0.197. The van der Waals surface area contributed by atoms with E-state index in [9.17, 15) is 4.39 Å². The van der Waals surface area contributed by atoms with E-state index in [-0.39, 0.29) is 11.9 Å². The predicted octanol–water partition coefficient (Wildman–Crippen LogP) is 3.82. The molecule has 3 heteroatoms. The Kier molecular flexibility index (Phi) is 6.22. The van der Waals surface area contributed by atoms with Gasteiger partial charge in [-0.3, -0.25) is 0 Å². The van der Waals surface area contributed by atoms with Gasteiger partial charge in [-0.15, -0.1) is 0 Å². The fourth-order valence-electron chi connectivity index (χ4n) is 2.16. The van der Waals surface area contributed by atoms with Gasteiger partial charge in [-0.2, -0.15) is 0 Å². The molecule has 0 aliphatic rings. The van der Waals surface area contributed by atoms with Crippen molar-refractivity contribution in [1.82, 2.24) is 5.32 Å². The number of hydrogen-bond donors (Lipinski definition) is 1. The molecule has 0 heterocycles. The van der Waals surface area contributed by atoms with Crippen LogP contribution in [-0.2, 0) is 6.42 Å². The molecule has 2 aromatic carbocycles. The van der Waals surface area contributed by atoms with Gasteiger partial charge in [0.25, 0.3) is 0 Å². The lowest BCUT2D eigenvalue weighted by Crippen LogP contribution is -2.37. The molecule has 1 atom stereocenters. The Bertz CT molecular complexity index is 513. The molecule has 0 spiro atoms. The molecule has 2 nitrogen and oxygen atoms in total. The summed E-state index contributed by atoms with van der Waals surface area (Å²) in [5.74, 6) is 0.678. The Hall–Kier alpha value is -1.87. The minimum Gasteiger partial charge on any atom is -0.492 e. The SMILES string of the molecule is CCCNC(COc1ccccc1)Cc1ccc(F)cc1. The minimum atomic E-state index is -0.197. The lowest BCUT2D eigenvalue weighted by Gasteiger charge is -2.19. The molecular weight excluding hydrogens is 265 g/mol. The summed E-state index contributed by atoms with van der Waals surface area (Å²) in [7, 11) is 0. The third kappa shape index (κ3) is 5.56. The van der Waals surface area contributed by atoms with Gasteiger partial charge in [0.2, 0.25) is 0 Å². The van der Waals surface area contributed by atoms with Gasteiger partial charge in [-0.05, 0) is 49.2 Å². The summed E-state index contributed by atoms with van der Waals surface area (Å²) in [6.07, 6.45) is 1.90. The molecule has 0 fully saturated rings. The second-order valence-corrected chi connectivity index (χ2v) is 5.11. The molecule has 0 amide bonds. The Balaban J connectivity index is 1.92. The van der Waals surface area contributed by atoms with Crippen LogP contribution >= 0.6 is 0 Å². The van der Waals surface area contributed by atoms with Crippen molar-refractivity contribution in [3.63, 3.8) is 0 Å². The molecule has 0 aliphatic heterocycles. The summed E-state index contributed by atoms with van der Waals surface area (Å²) in [5, 5.41) is 3.48. The number of hydrogen-bond acceptors (Lipinski definition) is 2. The van der Waals surface area contributed by atoms with Crippen molar-refractivity contribution in [2.45, 2.75) is 25.8 Å². The zero-order chi connectivity index (χ0) is 14.9. The first-order chi connectivity index (χ1) is 10.3. The van der Waals surface area contributed by atoms with E-state index in [2.05, 4.69) is 12.2 Å². The molecule has 112 valence electrons. The molecule has 0 saturated carbocycles. The van der Waals surface area contributed by atoms with E-state index < -0.39 is 0 Å². The molecule has 0 aliphatic carbocycles. The van der Waals surface area contributed by atoms with Crippen LogP contribution in [0, 0.1) is 5.82 Å². The smallest absolute Gasteiger partial charge is 0.123 e. The lowest BCUT2D eigenvalue weighted by molar-refractivity contribution is 0.263. The van der Waals surface area contributed by atoms with E-state index in [0.29, 0.717) is 6.61 Å². The van der Waals surface area contributed by atoms with Crippen molar-refractivity contribution in [3.05, 3.63) is 66.0 Å². The fraction of sp³-hybridized carbons (Fsp3) is 0.333. The van der Waals surface area contributed by atoms with E-state index in [1.54, 1.807) is 0 Å². The molecule has 0 saturated heterocycles. The van der Waals surface area contributed by atoms with Gasteiger partial charge in [-0.1, -0.05) is 37.3 Å². The molecule has 21 heavy (non-hydrogen) atoms. The zero-order valence-electron chi connectivity index (χ0n) is 12.4. The van der Waals surface area contributed by atoms with Gasteiger partial charge in [0.1, 0.15) is 18.2 Å². The van der Waals surface area contributed by atoms with Crippen molar-refractivity contribution in [3.8, 4) is 5.75 Å². The Morgan fingerprint density at radius 3 is 2.43 bits per heavy atom. The second kappa shape index (κ2) is 8.42. The summed E-state index contributed by atoms with van der Waals surface area (Å²) in [6, 6.07) is 16.7. The maximum Gasteiger partial charge on any atom is 0.123 e. The van der Waals surface area contributed by atoms with Gasteiger partial charge in [-0.25, -0.2) is 4.39 Å². The summed E-state index contributed by atoms with van der Waals surface area (Å²) in [4.78, 5) is 0. The van der Waals surface area contributed by atoms with Crippen LogP contribution in [0.2, 0.25) is 0 Å². The van der Waals surface area contributed by atoms with Crippen LogP contribution in [0.15, 0.2) is 54.6 Å². The number of ether oxygens (including phenoxy) is 1. The highest BCUT2D eigenvalue weighted by Crippen LogP contribution is 2.11. The number of halogens is 1. The number of para-hydroxylation sites is 1. The van der Waals surface area contributed by atoms with Crippen molar-refractivity contribution < 1.29 is 9.13 Å². The highest BCUT2D eigenvalue weighted by molar-refractivity contribution is 5.21. The molecule has 2 aromatic rings. The lowest BCUT2D eigenvalue weighted by atomic mass is 10.1. The third-order valence-electron chi connectivity index (χ3n) is 3.27. The number of rotatable bonds is 8. The van der Waals surface area contributed by atoms with Crippen molar-refractivity contribution in [1.29, 1.82) is 0 Å². The summed E-state index contributed by atoms with van der Waals surface area (Å²) in [5.41, 5.74) is 1.11. The maximum absolute atomic E-state index is 13.0. The Labute approximate surface area is 126 Å². The van der Waals surface area contributed by atoms with E-state index in [1.807, 2.05) is 42.5 Å². The van der Waals surface area contributed by atoms with Crippen LogP contribution in [0.5, 0.6) is 5.75 Å². The first kappa shape index (κ1) is 15.5. The van der Waals surface area contributed by atoms with E-state index in [4.69, 9.17) is 4.74 Å². The van der Waals surface area contributed by atoms with Crippen molar-refractivity contribution in [2.24, 2.45) is 0 Å². The topological polar surface area (TPSA) is 21.3 Å².